The lowest BCUT2D eigenvalue weighted by Gasteiger charge is -2.20. The molecule has 0 fully saturated rings. The third-order valence-corrected chi connectivity index (χ3v) is 4.23. The van der Waals surface area contributed by atoms with E-state index in [-0.39, 0.29) is 5.41 Å². The van der Waals surface area contributed by atoms with Crippen LogP contribution in [0, 0.1) is 0 Å². The monoisotopic (exact) mass is 316 g/mol. The molecule has 0 bridgehead atoms. The molecule has 0 saturated carbocycles. The average molecular weight is 317 g/mol. The molecule has 1 unspecified atom stereocenters. The fourth-order valence-corrected chi connectivity index (χ4v) is 2.66. The zero-order chi connectivity index (χ0) is 16.3. The summed E-state index contributed by atoms with van der Waals surface area (Å²) in [6.45, 7) is 6.42. The van der Waals surface area contributed by atoms with E-state index in [1.807, 2.05) is 42.5 Å². The minimum Gasteiger partial charge on any atom is -0.481 e. The van der Waals surface area contributed by atoms with Gasteiger partial charge in [-0.25, -0.2) is 0 Å². The smallest absolute Gasteiger partial charge is 0.311 e. The highest BCUT2D eigenvalue weighted by atomic mass is 35.5. The zero-order valence-corrected chi connectivity index (χ0v) is 13.9. The van der Waals surface area contributed by atoms with E-state index >= 15 is 0 Å². The molecule has 116 valence electrons. The molecular formula is C19H21ClO2. The SMILES string of the molecule is CC(C)(C)c1ccc(C(Cc2ccccc2Cl)C(=O)O)cc1. The van der Waals surface area contributed by atoms with Gasteiger partial charge in [-0.15, -0.1) is 0 Å². The summed E-state index contributed by atoms with van der Waals surface area (Å²) in [5.74, 6) is -1.42. The van der Waals surface area contributed by atoms with Gasteiger partial charge in [-0.2, -0.15) is 0 Å². The van der Waals surface area contributed by atoms with Crippen molar-refractivity contribution in [3.8, 4) is 0 Å². The second kappa shape index (κ2) is 6.53. The van der Waals surface area contributed by atoms with E-state index in [0.717, 1.165) is 11.1 Å². The van der Waals surface area contributed by atoms with E-state index in [1.54, 1.807) is 6.07 Å². The molecule has 0 aliphatic carbocycles. The number of hydrogen-bond donors (Lipinski definition) is 1. The Balaban J connectivity index is 2.29. The summed E-state index contributed by atoms with van der Waals surface area (Å²) in [6.07, 6.45) is 0.393. The zero-order valence-electron chi connectivity index (χ0n) is 13.1. The van der Waals surface area contributed by atoms with Crippen LogP contribution in [-0.4, -0.2) is 11.1 Å². The highest BCUT2D eigenvalue weighted by Crippen LogP contribution is 2.28. The Labute approximate surface area is 136 Å². The molecule has 3 heteroatoms. The van der Waals surface area contributed by atoms with E-state index in [1.165, 1.54) is 5.56 Å². The molecule has 2 aromatic carbocycles. The van der Waals surface area contributed by atoms with Crippen molar-refractivity contribution in [3.63, 3.8) is 0 Å². The molecule has 0 aliphatic heterocycles. The van der Waals surface area contributed by atoms with Crippen LogP contribution in [0.3, 0.4) is 0 Å². The minimum atomic E-state index is -0.830. The molecule has 0 aliphatic rings. The number of hydrogen-bond acceptors (Lipinski definition) is 1. The number of carboxylic acid groups (broad SMARTS) is 1. The van der Waals surface area contributed by atoms with Gasteiger partial charge in [0.25, 0.3) is 0 Å². The van der Waals surface area contributed by atoms with E-state index < -0.39 is 11.9 Å². The van der Waals surface area contributed by atoms with Gasteiger partial charge in [0.05, 0.1) is 5.92 Å². The molecule has 0 heterocycles. The third-order valence-electron chi connectivity index (χ3n) is 3.86. The normalized spacial score (nSPS) is 12.9. The van der Waals surface area contributed by atoms with Crippen LogP contribution in [0.2, 0.25) is 5.02 Å². The van der Waals surface area contributed by atoms with Crippen LogP contribution in [-0.2, 0) is 16.6 Å². The number of rotatable bonds is 4. The molecule has 2 rings (SSSR count). The summed E-state index contributed by atoms with van der Waals surface area (Å²) < 4.78 is 0. The van der Waals surface area contributed by atoms with Crippen molar-refractivity contribution in [1.29, 1.82) is 0 Å². The standard InChI is InChI=1S/C19H21ClO2/c1-19(2,3)15-10-8-13(9-11-15)16(18(21)22)12-14-6-4-5-7-17(14)20/h4-11,16H,12H2,1-3H3,(H,21,22). The van der Waals surface area contributed by atoms with Gasteiger partial charge in [-0.05, 0) is 34.6 Å². The molecule has 0 spiro atoms. The summed E-state index contributed by atoms with van der Waals surface area (Å²) in [5, 5.41) is 10.2. The predicted molar refractivity (Wildman–Crippen MR) is 90.7 cm³/mol. The lowest BCUT2D eigenvalue weighted by atomic mass is 9.84. The summed E-state index contributed by atoms with van der Waals surface area (Å²) in [7, 11) is 0. The first-order valence-electron chi connectivity index (χ1n) is 7.35. The molecule has 0 radical (unpaired) electrons. The van der Waals surface area contributed by atoms with Crippen molar-refractivity contribution in [2.24, 2.45) is 0 Å². The summed E-state index contributed by atoms with van der Waals surface area (Å²) in [5.41, 5.74) is 2.91. The minimum absolute atomic E-state index is 0.0555. The van der Waals surface area contributed by atoms with Gasteiger partial charge in [-0.3, -0.25) is 4.79 Å². The first-order chi connectivity index (χ1) is 10.3. The van der Waals surface area contributed by atoms with Crippen molar-refractivity contribution in [2.45, 2.75) is 38.5 Å². The van der Waals surface area contributed by atoms with Crippen molar-refractivity contribution < 1.29 is 9.90 Å². The van der Waals surface area contributed by atoms with Gasteiger partial charge in [0.1, 0.15) is 0 Å². The van der Waals surface area contributed by atoms with Crippen LogP contribution in [0.4, 0.5) is 0 Å². The second-order valence-corrected chi connectivity index (χ2v) is 6.97. The highest BCUT2D eigenvalue weighted by molar-refractivity contribution is 6.31. The van der Waals surface area contributed by atoms with Crippen molar-refractivity contribution in [2.75, 3.05) is 0 Å². The maximum Gasteiger partial charge on any atom is 0.311 e. The van der Waals surface area contributed by atoms with Crippen LogP contribution in [0.5, 0.6) is 0 Å². The van der Waals surface area contributed by atoms with E-state index in [4.69, 9.17) is 11.6 Å². The molecule has 0 aromatic heterocycles. The third kappa shape index (κ3) is 3.89. The molecular weight excluding hydrogens is 296 g/mol. The van der Waals surface area contributed by atoms with E-state index in [9.17, 15) is 9.90 Å². The van der Waals surface area contributed by atoms with E-state index in [2.05, 4.69) is 20.8 Å². The lowest BCUT2D eigenvalue weighted by molar-refractivity contribution is -0.138. The molecule has 0 saturated heterocycles. The Hall–Kier alpha value is -1.80. The highest BCUT2D eigenvalue weighted by Gasteiger charge is 2.22. The Kier molecular flexibility index (Phi) is 4.92. The molecule has 1 N–H and O–H groups in total. The molecule has 22 heavy (non-hydrogen) atoms. The van der Waals surface area contributed by atoms with E-state index in [0.29, 0.717) is 11.4 Å². The van der Waals surface area contributed by atoms with Crippen molar-refractivity contribution in [3.05, 3.63) is 70.2 Å². The topological polar surface area (TPSA) is 37.3 Å². The average Bonchev–Trinajstić information content (AvgIpc) is 2.45. The summed E-state index contributed by atoms with van der Waals surface area (Å²) >= 11 is 6.15. The summed E-state index contributed by atoms with van der Waals surface area (Å²) in [4.78, 5) is 11.7. The molecule has 2 aromatic rings. The molecule has 2 nitrogen and oxygen atoms in total. The van der Waals surface area contributed by atoms with Gasteiger partial charge in [0.15, 0.2) is 0 Å². The van der Waals surface area contributed by atoms with Gasteiger partial charge >= 0.3 is 5.97 Å². The lowest BCUT2D eigenvalue weighted by Crippen LogP contribution is -2.16. The van der Waals surface area contributed by atoms with Gasteiger partial charge in [0.2, 0.25) is 0 Å². The fourth-order valence-electron chi connectivity index (χ4n) is 2.45. The maximum atomic E-state index is 11.7. The number of carboxylic acids is 1. The number of benzene rings is 2. The Morgan fingerprint density at radius 1 is 1.09 bits per heavy atom. The van der Waals surface area contributed by atoms with Crippen LogP contribution in [0.1, 0.15) is 43.4 Å². The first kappa shape index (κ1) is 16.6. The Morgan fingerprint density at radius 3 is 2.18 bits per heavy atom. The number of aliphatic carboxylic acids is 1. The van der Waals surface area contributed by atoms with Gasteiger partial charge < -0.3 is 5.11 Å². The number of halogens is 1. The number of carbonyl (C=O) groups is 1. The predicted octanol–water partition coefficient (Wildman–Crippen LogP) is 5.05. The van der Waals surface area contributed by atoms with Crippen LogP contribution in [0.15, 0.2) is 48.5 Å². The quantitative estimate of drug-likeness (QED) is 0.857. The van der Waals surface area contributed by atoms with Crippen LogP contribution < -0.4 is 0 Å². The fraction of sp³-hybridized carbons (Fsp3) is 0.316. The first-order valence-corrected chi connectivity index (χ1v) is 7.73. The van der Waals surface area contributed by atoms with Crippen molar-refractivity contribution >= 4 is 17.6 Å². The largest absolute Gasteiger partial charge is 0.481 e. The molecule has 0 amide bonds. The Bertz CT molecular complexity index is 654. The van der Waals surface area contributed by atoms with Crippen LogP contribution in [0.25, 0.3) is 0 Å². The van der Waals surface area contributed by atoms with Crippen molar-refractivity contribution in [1.82, 2.24) is 0 Å². The maximum absolute atomic E-state index is 11.7. The molecule has 1 atom stereocenters. The second-order valence-electron chi connectivity index (χ2n) is 6.56. The Morgan fingerprint density at radius 2 is 1.68 bits per heavy atom. The van der Waals surface area contributed by atoms with Gasteiger partial charge in [-0.1, -0.05) is 74.8 Å². The van der Waals surface area contributed by atoms with Crippen LogP contribution >= 0.6 is 11.6 Å². The van der Waals surface area contributed by atoms with Gasteiger partial charge in [0, 0.05) is 5.02 Å². The summed E-state index contributed by atoms with van der Waals surface area (Å²) in [6, 6.07) is 15.2.